The van der Waals surface area contributed by atoms with E-state index in [4.69, 9.17) is 32.5 Å². The summed E-state index contributed by atoms with van der Waals surface area (Å²) in [6.45, 7) is -0.104. The summed E-state index contributed by atoms with van der Waals surface area (Å²) >= 11 is 13.2. The summed E-state index contributed by atoms with van der Waals surface area (Å²) in [5.41, 5.74) is 2.34. The van der Waals surface area contributed by atoms with E-state index in [2.05, 4.69) is 15.1 Å². The molecule has 29 heavy (non-hydrogen) atoms. The van der Waals surface area contributed by atoms with E-state index in [-0.39, 0.29) is 18.9 Å². The van der Waals surface area contributed by atoms with E-state index >= 15 is 0 Å². The van der Waals surface area contributed by atoms with Gasteiger partial charge < -0.3 is 9.26 Å². The van der Waals surface area contributed by atoms with E-state index in [0.717, 1.165) is 16.1 Å². The maximum atomic E-state index is 12.1. The van der Waals surface area contributed by atoms with Gasteiger partial charge in [-0.1, -0.05) is 40.5 Å². The van der Waals surface area contributed by atoms with Crippen molar-refractivity contribution in [1.29, 1.82) is 0 Å². The number of ether oxygens (including phenoxy) is 1. The highest BCUT2D eigenvalue weighted by atomic mass is 35.5. The molecule has 0 bridgehead atoms. The molecule has 0 spiro atoms. The number of benzene rings is 2. The Labute approximate surface area is 180 Å². The molecule has 9 heteroatoms. The second-order valence-corrected chi connectivity index (χ2v) is 7.74. The molecule has 2 aromatic heterocycles. The SMILES string of the molecule is O=C(Cc1csc(-c2ccc(Cl)cc2)n1)OCc1nc(-c2ccc(Cl)cc2)no1. The van der Waals surface area contributed by atoms with Gasteiger partial charge in [-0.2, -0.15) is 4.98 Å². The van der Waals surface area contributed by atoms with E-state index in [0.29, 0.717) is 21.6 Å². The van der Waals surface area contributed by atoms with Crippen molar-refractivity contribution in [3.8, 4) is 22.0 Å². The third-order valence-electron chi connectivity index (χ3n) is 3.90. The fourth-order valence-electron chi connectivity index (χ4n) is 2.48. The lowest BCUT2D eigenvalue weighted by Gasteiger charge is -2.00. The van der Waals surface area contributed by atoms with Gasteiger partial charge in [0, 0.05) is 26.6 Å². The van der Waals surface area contributed by atoms with Crippen LogP contribution in [0.5, 0.6) is 0 Å². The van der Waals surface area contributed by atoms with Crippen LogP contribution in [0.3, 0.4) is 0 Å². The Kier molecular flexibility index (Phi) is 5.89. The standard InChI is InChI=1S/C20H13Cl2N3O3S/c21-14-5-1-12(2-6-14)19-24-17(28-25-19)10-27-18(26)9-16-11-29-20(23-16)13-3-7-15(22)8-4-13/h1-8,11H,9-10H2. The van der Waals surface area contributed by atoms with Crippen molar-refractivity contribution >= 4 is 40.5 Å². The molecule has 4 aromatic rings. The number of carbonyl (C=O) groups excluding carboxylic acids is 1. The molecule has 0 unspecified atom stereocenters. The molecule has 4 rings (SSSR count). The molecule has 6 nitrogen and oxygen atoms in total. The van der Waals surface area contributed by atoms with Crippen molar-refractivity contribution < 1.29 is 14.1 Å². The predicted octanol–water partition coefficient (Wildman–Crippen LogP) is 5.45. The average Bonchev–Trinajstić information content (AvgIpc) is 3.37. The van der Waals surface area contributed by atoms with E-state index in [1.54, 1.807) is 36.4 Å². The molecule has 0 amide bonds. The number of aromatic nitrogens is 3. The summed E-state index contributed by atoms with van der Waals surface area (Å²) < 4.78 is 10.3. The molecule has 0 aliphatic carbocycles. The molecule has 0 atom stereocenters. The average molecular weight is 446 g/mol. The highest BCUT2D eigenvalue weighted by Gasteiger charge is 2.13. The van der Waals surface area contributed by atoms with Crippen LogP contribution in [0.25, 0.3) is 22.0 Å². The number of carbonyl (C=O) groups is 1. The van der Waals surface area contributed by atoms with Crippen LogP contribution in [0.2, 0.25) is 10.0 Å². The minimum absolute atomic E-state index is 0.0578. The van der Waals surface area contributed by atoms with Crippen LogP contribution in [-0.4, -0.2) is 21.1 Å². The smallest absolute Gasteiger partial charge is 0.312 e. The van der Waals surface area contributed by atoms with Gasteiger partial charge in [0.2, 0.25) is 5.82 Å². The molecule has 0 fully saturated rings. The molecule has 0 aliphatic heterocycles. The Morgan fingerprint density at radius 2 is 1.62 bits per heavy atom. The molecule has 0 N–H and O–H groups in total. The molecule has 2 aromatic carbocycles. The van der Waals surface area contributed by atoms with Gasteiger partial charge in [0.15, 0.2) is 6.61 Å². The topological polar surface area (TPSA) is 78.1 Å². The Morgan fingerprint density at radius 3 is 2.31 bits per heavy atom. The van der Waals surface area contributed by atoms with E-state index in [9.17, 15) is 4.79 Å². The number of hydrogen-bond acceptors (Lipinski definition) is 7. The van der Waals surface area contributed by atoms with Crippen molar-refractivity contribution in [2.45, 2.75) is 13.0 Å². The zero-order valence-electron chi connectivity index (χ0n) is 14.8. The van der Waals surface area contributed by atoms with E-state index < -0.39 is 5.97 Å². The maximum Gasteiger partial charge on any atom is 0.312 e. The predicted molar refractivity (Wildman–Crippen MR) is 111 cm³/mol. The number of esters is 1. The molecular weight excluding hydrogens is 433 g/mol. The first kappa shape index (κ1) is 19.6. The van der Waals surface area contributed by atoms with Gasteiger partial charge in [-0.25, -0.2) is 4.98 Å². The van der Waals surface area contributed by atoms with Crippen molar-refractivity contribution in [3.05, 3.63) is 75.5 Å². The van der Waals surface area contributed by atoms with Gasteiger partial charge in [-0.05, 0) is 36.4 Å². The zero-order chi connectivity index (χ0) is 20.2. The minimum atomic E-state index is -0.427. The van der Waals surface area contributed by atoms with Crippen LogP contribution in [0.15, 0.2) is 58.4 Å². The van der Waals surface area contributed by atoms with Crippen LogP contribution in [0, 0.1) is 0 Å². The third-order valence-corrected chi connectivity index (χ3v) is 5.34. The van der Waals surface area contributed by atoms with Gasteiger partial charge in [0.25, 0.3) is 5.89 Å². The Balaban J connectivity index is 1.33. The summed E-state index contributed by atoms with van der Waals surface area (Å²) in [6.07, 6.45) is 0.0578. The van der Waals surface area contributed by atoms with Gasteiger partial charge in [0.1, 0.15) is 5.01 Å². The van der Waals surface area contributed by atoms with Crippen molar-refractivity contribution in [2.24, 2.45) is 0 Å². The largest absolute Gasteiger partial charge is 0.455 e. The Morgan fingerprint density at radius 1 is 0.966 bits per heavy atom. The summed E-state index contributed by atoms with van der Waals surface area (Å²) in [4.78, 5) is 20.8. The molecule has 0 radical (unpaired) electrons. The summed E-state index contributed by atoms with van der Waals surface area (Å²) in [6, 6.07) is 14.4. The molecular formula is C20H13Cl2N3O3S. The highest BCUT2D eigenvalue weighted by molar-refractivity contribution is 7.13. The van der Waals surface area contributed by atoms with Crippen molar-refractivity contribution in [2.75, 3.05) is 0 Å². The molecule has 0 saturated carbocycles. The lowest BCUT2D eigenvalue weighted by Crippen LogP contribution is -2.08. The first-order valence-electron chi connectivity index (χ1n) is 8.51. The molecule has 0 aliphatic rings. The quantitative estimate of drug-likeness (QED) is 0.367. The first-order valence-corrected chi connectivity index (χ1v) is 10.1. The summed E-state index contributed by atoms with van der Waals surface area (Å²) in [5, 5.41) is 7.80. The fraction of sp³-hybridized carbons (Fsp3) is 0.100. The van der Waals surface area contributed by atoms with Crippen molar-refractivity contribution in [3.63, 3.8) is 0 Å². The van der Waals surface area contributed by atoms with Crippen LogP contribution in [-0.2, 0) is 22.6 Å². The Hall–Kier alpha value is -2.74. The van der Waals surface area contributed by atoms with Crippen LogP contribution in [0.1, 0.15) is 11.6 Å². The number of nitrogens with zero attached hydrogens (tertiary/aromatic N) is 3. The number of hydrogen-bond donors (Lipinski definition) is 0. The van der Waals surface area contributed by atoms with Crippen LogP contribution in [0.4, 0.5) is 0 Å². The monoisotopic (exact) mass is 445 g/mol. The second kappa shape index (κ2) is 8.73. The van der Waals surface area contributed by atoms with Crippen LogP contribution >= 0.6 is 34.5 Å². The summed E-state index contributed by atoms with van der Waals surface area (Å²) in [5.74, 6) is 0.187. The van der Waals surface area contributed by atoms with Crippen LogP contribution < -0.4 is 0 Å². The van der Waals surface area contributed by atoms with E-state index in [1.807, 2.05) is 17.5 Å². The molecule has 2 heterocycles. The highest BCUT2D eigenvalue weighted by Crippen LogP contribution is 2.25. The lowest BCUT2D eigenvalue weighted by molar-refractivity contribution is -0.144. The second-order valence-electron chi connectivity index (χ2n) is 6.01. The normalized spacial score (nSPS) is 10.8. The fourth-order valence-corrected chi connectivity index (χ4v) is 3.56. The summed E-state index contributed by atoms with van der Waals surface area (Å²) in [7, 11) is 0. The van der Waals surface area contributed by atoms with Gasteiger partial charge in [-0.15, -0.1) is 11.3 Å². The van der Waals surface area contributed by atoms with Gasteiger partial charge >= 0.3 is 5.97 Å². The maximum absolute atomic E-state index is 12.1. The first-order chi connectivity index (χ1) is 14.1. The third kappa shape index (κ3) is 5.00. The van der Waals surface area contributed by atoms with Gasteiger partial charge in [-0.3, -0.25) is 4.79 Å². The molecule has 0 saturated heterocycles. The van der Waals surface area contributed by atoms with Crippen molar-refractivity contribution in [1.82, 2.24) is 15.1 Å². The minimum Gasteiger partial charge on any atom is -0.455 e. The molecule has 146 valence electrons. The number of thiazole rings is 1. The number of halogens is 2. The van der Waals surface area contributed by atoms with E-state index in [1.165, 1.54) is 11.3 Å². The lowest BCUT2D eigenvalue weighted by atomic mass is 10.2. The zero-order valence-corrected chi connectivity index (χ0v) is 17.2. The van der Waals surface area contributed by atoms with Gasteiger partial charge in [0.05, 0.1) is 12.1 Å². The number of rotatable bonds is 6. The Bertz CT molecular complexity index is 1120.